The van der Waals surface area contributed by atoms with Crippen molar-refractivity contribution in [2.75, 3.05) is 26.2 Å². The molecule has 3 heteroatoms. The van der Waals surface area contributed by atoms with Gasteiger partial charge in [0.15, 0.2) is 0 Å². The SMILES string of the molecule is CC(C)N(CC1CCC1)CC1CCCNC1.Cl. The van der Waals surface area contributed by atoms with E-state index >= 15 is 0 Å². The van der Waals surface area contributed by atoms with E-state index in [0.29, 0.717) is 0 Å². The zero-order valence-corrected chi connectivity index (χ0v) is 12.3. The second-order valence-electron chi connectivity index (χ2n) is 6.06. The Balaban J connectivity index is 0.00000144. The van der Waals surface area contributed by atoms with Gasteiger partial charge in [-0.15, -0.1) is 12.4 Å². The summed E-state index contributed by atoms with van der Waals surface area (Å²) in [5.74, 6) is 1.91. The van der Waals surface area contributed by atoms with Gasteiger partial charge in [0.05, 0.1) is 0 Å². The Morgan fingerprint density at radius 1 is 1.06 bits per heavy atom. The van der Waals surface area contributed by atoms with Gasteiger partial charge in [-0.1, -0.05) is 6.42 Å². The standard InChI is InChI=1S/C14H28N2.ClH/c1-12(2)16(10-13-5-3-6-13)11-14-7-4-8-15-9-14;/h12-15H,3-11H2,1-2H3;1H. The Hall–Kier alpha value is 0.210. The zero-order chi connectivity index (χ0) is 11.4. The Bertz CT molecular complexity index is 198. The van der Waals surface area contributed by atoms with Gasteiger partial charge in [0.25, 0.3) is 0 Å². The van der Waals surface area contributed by atoms with E-state index in [4.69, 9.17) is 0 Å². The monoisotopic (exact) mass is 260 g/mol. The van der Waals surface area contributed by atoms with Gasteiger partial charge in [0.2, 0.25) is 0 Å². The van der Waals surface area contributed by atoms with Crippen LogP contribution in [0.3, 0.4) is 0 Å². The third-order valence-corrected chi connectivity index (χ3v) is 4.34. The molecule has 1 N–H and O–H groups in total. The van der Waals surface area contributed by atoms with Crippen molar-refractivity contribution in [3.8, 4) is 0 Å². The molecule has 0 radical (unpaired) electrons. The van der Waals surface area contributed by atoms with E-state index in [9.17, 15) is 0 Å². The molecule has 2 aliphatic rings. The zero-order valence-electron chi connectivity index (χ0n) is 11.5. The molecule has 1 saturated heterocycles. The molecule has 0 bridgehead atoms. The number of hydrogen-bond donors (Lipinski definition) is 1. The average Bonchev–Trinajstić information content (AvgIpc) is 2.22. The van der Waals surface area contributed by atoms with Crippen LogP contribution in [0.25, 0.3) is 0 Å². The molecule has 0 aromatic carbocycles. The lowest BCUT2D eigenvalue weighted by Gasteiger charge is -2.37. The molecule has 1 saturated carbocycles. The maximum absolute atomic E-state index is 3.53. The van der Waals surface area contributed by atoms with Gasteiger partial charge in [-0.2, -0.15) is 0 Å². The van der Waals surface area contributed by atoms with Gasteiger partial charge in [-0.25, -0.2) is 0 Å². The van der Waals surface area contributed by atoms with E-state index in [1.165, 1.54) is 58.3 Å². The van der Waals surface area contributed by atoms with Crippen LogP contribution in [0.1, 0.15) is 46.0 Å². The molecule has 0 amide bonds. The van der Waals surface area contributed by atoms with Crippen LogP contribution >= 0.6 is 12.4 Å². The smallest absolute Gasteiger partial charge is 0.00388 e. The van der Waals surface area contributed by atoms with Gasteiger partial charge in [0.1, 0.15) is 0 Å². The lowest BCUT2D eigenvalue weighted by atomic mass is 9.84. The molecule has 0 spiro atoms. The minimum Gasteiger partial charge on any atom is -0.316 e. The number of piperidine rings is 1. The van der Waals surface area contributed by atoms with Gasteiger partial charge in [-0.05, 0) is 64.5 Å². The fraction of sp³-hybridized carbons (Fsp3) is 1.00. The highest BCUT2D eigenvalue weighted by molar-refractivity contribution is 5.85. The predicted octanol–water partition coefficient (Wildman–Crippen LogP) is 2.92. The molecular weight excluding hydrogens is 232 g/mol. The summed E-state index contributed by atoms with van der Waals surface area (Å²) >= 11 is 0. The Morgan fingerprint density at radius 3 is 2.18 bits per heavy atom. The van der Waals surface area contributed by atoms with Crippen LogP contribution < -0.4 is 5.32 Å². The number of hydrogen-bond acceptors (Lipinski definition) is 2. The molecule has 1 aliphatic carbocycles. The van der Waals surface area contributed by atoms with Crippen molar-refractivity contribution < 1.29 is 0 Å². The van der Waals surface area contributed by atoms with E-state index in [2.05, 4.69) is 24.1 Å². The van der Waals surface area contributed by atoms with Crippen molar-refractivity contribution >= 4 is 12.4 Å². The Labute approximate surface area is 113 Å². The summed E-state index contributed by atoms with van der Waals surface area (Å²) in [6.07, 6.45) is 7.24. The van der Waals surface area contributed by atoms with Crippen LogP contribution in [-0.4, -0.2) is 37.1 Å². The van der Waals surface area contributed by atoms with Crippen LogP contribution in [0.15, 0.2) is 0 Å². The summed E-state index contributed by atoms with van der Waals surface area (Å²) in [5.41, 5.74) is 0. The van der Waals surface area contributed by atoms with Crippen molar-refractivity contribution in [3.63, 3.8) is 0 Å². The molecule has 1 unspecified atom stereocenters. The highest BCUT2D eigenvalue weighted by Gasteiger charge is 2.24. The first-order chi connectivity index (χ1) is 7.75. The number of rotatable bonds is 5. The number of nitrogens with zero attached hydrogens (tertiary/aromatic N) is 1. The summed E-state index contributed by atoms with van der Waals surface area (Å²) in [5, 5.41) is 3.53. The Kier molecular flexibility index (Phi) is 6.83. The molecular formula is C14H29ClN2. The second kappa shape index (κ2) is 7.60. The van der Waals surface area contributed by atoms with E-state index in [-0.39, 0.29) is 12.4 Å². The first-order valence-electron chi connectivity index (χ1n) is 7.20. The summed E-state index contributed by atoms with van der Waals surface area (Å²) in [6, 6.07) is 0.725. The summed E-state index contributed by atoms with van der Waals surface area (Å²) in [6.45, 7) is 9.87. The third kappa shape index (κ3) is 4.76. The van der Waals surface area contributed by atoms with Crippen LogP contribution in [0, 0.1) is 11.8 Å². The normalized spacial score (nSPS) is 25.8. The third-order valence-electron chi connectivity index (χ3n) is 4.34. The van der Waals surface area contributed by atoms with Crippen molar-refractivity contribution in [2.45, 2.75) is 52.0 Å². The molecule has 0 aromatic rings. The quantitative estimate of drug-likeness (QED) is 0.818. The van der Waals surface area contributed by atoms with Crippen LogP contribution in [0.5, 0.6) is 0 Å². The number of halogens is 1. The highest BCUT2D eigenvalue weighted by Crippen LogP contribution is 2.28. The van der Waals surface area contributed by atoms with Crippen molar-refractivity contribution in [2.24, 2.45) is 11.8 Å². The largest absolute Gasteiger partial charge is 0.316 e. The van der Waals surface area contributed by atoms with Gasteiger partial charge >= 0.3 is 0 Å². The van der Waals surface area contributed by atoms with Gasteiger partial charge < -0.3 is 10.2 Å². The minimum atomic E-state index is 0. The minimum absolute atomic E-state index is 0. The Morgan fingerprint density at radius 2 is 1.71 bits per heavy atom. The lowest BCUT2D eigenvalue weighted by molar-refractivity contribution is 0.120. The van der Waals surface area contributed by atoms with Crippen molar-refractivity contribution in [3.05, 3.63) is 0 Å². The van der Waals surface area contributed by atoms with E-state index in [1.54, 1.807) is 0 Å². The van der Waals surface area contributed by atoms with Crippen molar-refractivity contribution in [1.29, 1.82) is 0 Å². The van der Waals surface area contributed by atoms with Crippen LogP contribution in [0.4, 0.5) is 0 Å². The molecule has 1 heterocycles. The maximum Gasteiger partial charge on any atom is 0.00388 e. The molecule has 2 fully saturated rings. The van der Waals surface area contributed by atoms with E-state index < -0.39 is 0 Å². The van der Waals surface area contributed by atoms with Crippen LogP contribution in [0.2, 0.25) is 0 Å². The van der Waals surface area contributed by atoms with Gasteiger partial charge in [-0.3, -0.25) is 0 Å². The lowest BCUT2D eigenvalue weighted by Crippen LogP contribution is -2.44. The first-order valence-corrected chi connectivity index (χ1v) is 7.20. The average molecular weight is 261 g/mol. The molecule has 17 heavy (non-hydrogen) atoms. The molecule has 1 atom stereocenters. The van der Waals surface area contributed by atoms with Gasteiger partial charge in [0, 0.05) is 19.1 Å². The van der Waals surface area contributed by atoms with E-state index in [0.717, 1.165) is 17.9 Å². The summed E-state index contributed by atoms with van der Waals surface area (Å²) in [7, 11) is 0. The summed E-state index contributed by atoms with van der Waals surface area (Å²) in [4.78, 5) is 2.72. The summed E-state index contributed by atoms with van der Waals surface area (Å²) < 4.78 is 0. The number of nitrogens with one attached hydrogen (secondary N) is 1. The van der Waals surface area contributed by atoms with E-state index in [1.807, 2.05) is 0 Å². The fourth-order valence-electron chi connectivity index (χ4n) is 2.91. The predicted molar refractivity (Wildman–Crippen MR) is 76.9 cm³/mol. The topological polar surface area (TPSA) is 15.3 Å². The first kappa shape index (κ1) is 15.3. The highest BCUT2D eigenvalue weighted by atomic mass is 35.5. The van der Waals surface area contributed by atoms with Crippen LogP contribution in [-0.2, 0) is 0 Å². The maximum atomic E-state index is 3.53. The molecule has 0 aromatic heterocycles. The second-order valence-corrected chi connectivity index (χ2v) is 6.06. The molecule has 2 rings (SSSR count). The molecule has 102 valence electrons. The van der Waals surface area contributed by atoms with Crippen molar-refractivity contribution in [1.82, 2.24) is 10.2 Å². The fourth-order valence-corrected chi connectivity index (χ4v) is 2.91. The molecule has 2 nitrogen and oxygen atoms in total. The molecule has 1 aliphatic heterocycles.